The highest BCUT2D eigenvalue weighted by Crippen LogP contribution is 2.39. The largest absolute Gasteiger partial charge is 0.495 e. The number of methoxy groups -OCH3 is 1. The molecule has 2 aromatic carbocycles. The van der Waals surface area contributed by atoms with E-state index in [1.54, 1.807) is 13.3 Å². The molecule has 1 aliphatic heterocycles. The summed E-state index contributed by atoms with van der Waals surface area (Å²) in [7, 11) is 1.59. The summed E-state index contributed by atoms with van der Waals surface area (Å²) in [6, 6.07) is 25.2. The monoisotopic (exact) mass is 575 g/mol. The van der Waals surface area contributed by atoms with Gasteiger partial charge in [-0.2, -0.15) is 0 Å². The number of thiocarbonyl (C=S) groups is 1. The van der Waals surface area contributed by atoms with Gasteiger partial charge in [0, 0.05) is 41.2 Å². The predicted octanol–water partition coefficient (Wildman–Crippen LogP) is 5.64. The number of amides is 1. The summed E-state index contributed by atoms with van der Waals surface area (Å²) >= 11 is 9.37. The summed E-state index contributed by atoms with van der Waals surface area (Å²) in [6.07, 6.45) is 4.08. The summed E-state index contributed by atoms with van der Waals surface area (Å²) in [6.45, 7) is 0.435. The Morgan fingerprint density at radius 1 is 1.11 bits per heavy atom. The first-order valence-corrected chi connectivity index (χ1v) is 13.1. The number of carbonyl (C=O) groups excluding carboxylic acids is 1. The quantitative estimate of drug-likeness (QED) is 0.265. The molecule has 3 heterocycles. The molecule has 4 aromatic rings. The molecule has 2 N–H and O–H groups in total. The van der Waals surface area contributed by atoms with Crippen LogP contribution in [0, 0.1) is 0 Å². The number of rotatable bonds is 8. The first-order chi connectivity index (χ1) is 18.0. The molecule has 0 bridgehead atoms. The van der Waals surface area contributed by atoms with Crippen molar-refractivity contribution in [2.75, 3.05) is 19.0 Å². The van der Waals surface area contributed by atoms with Crippen molar-refractivity contribution in [1.29, 1.82) is 0 Å². The van der Waals surface area contributed by atoms with E-state index in [1.165, 1.54) is 0 Å². The van der Waals surface area contributed by atoms with Crippen molar-refractivity contribution in [3.05, 3.63) is 107 Å². The van der Waals surface area contributed by atoms with Crippen LogP contribution in [-0.2, 0) is 4.79 Å². The van der Waals surface area contributed by atoms with Gasteiger partial charge in [0.1, 0.15) is 5.75 Å². The van der Waals surface area contributed by atoms with Gasteiger partial charge in [-0.15, -0.1) is 0 Å². The summed E-state index contributed by atoms with van der Waals surface area (Å²) in [5.74, 6) is 0.504. The summed E-state index contributed by atoms with van der Waals surface area (Å²) < 4.78 is 8.52. The molecule has 0 radical (unpaired) electrons. The Kier molecular flexibility index (Phi) is 7.52. The maximum Gasteiger partial charge on any atom is 0.226 e. The Labute approximate surface area is 229 Å². The van der Waals surface area contributed by atoms with Gasteiger partial charge in [-0.25, -0.2) is 0 Å². The van der Waals surface area contributed by atoms with E-state index in [4.69, 9.17) is 17.0 Å². The lowest BCUT2D eigenvalue weighted by atomic mass is 10.0. The zero-order valence-corrected chi connectivity index (χ0v) is 22.6. The number of pyridine rings is 1. The third kappa shape index (κ3) is 5.38. The van der Waals surface area contributed by atoms with Crippen LogP contribution in [0.1, 0.15) is 29.9 Å². The van der Waals surface area contributed by atoms with Crippen molar-refractivity contribution in [3.8, 4) is 11.4 Å². The SMILES string of the molecule is COc1ccccc1NC(=O)CCN1C(=S)N[C@@H](c2ccccn2)[C@@H]1c1cccn1-c1cccc(Br)c1. The Bertz CT molecular complexity index is 1410. The molecule has 0 saturated carbocycles. The fourth-order valence-electron chi connectivity index (χ4n) is 4.65. The average Bonchev–Trinajstić information content (AvgIpc) is 3.52. The molecule has 0 spiro atoms. The van der Waals surface area contributed by atoms with E-state index >= 15 is 0 Å². The highest BCUT2D eigenvalue weighted by Gasteiger charge is 2.41. The molecule has 9 heteroatoms. The van der Waals surface area contributed by atoms with E-state index < -0.39 is 0 Å². The molecule has 0 unspecified atom stereocenters. The molecule has 7 nitrogen and oxygen atoms in total. The number of halogens is 1. The van der Waals surface area contributed by atoms with Gasteiger partial charge in [0.15, 0.2) is 5.11 Å². The number of anilines is 1. The fourth-order valence-corrected chi connectivity index (χ4v) is 5.37. The van der Waals surface area contributed by atoms with Crippen molar-refractivity contribution < 1.29 is 9.53 Å². The van der Waals surface area contributed by atoms with E-state index in [0.717, 1.165) is 21.5 Å². The molecular weight excluding hydrogens is 550 g/mol. The van der Waals surface area contributed by atoms with Crippen LogP contribution in [0.2, 0.25) is 0 Å². The molecule has 1 amide bonds. The van der Waals surface area contributed by atoms with Gasteiger partial charge in [0.2, 0.25) is 5.91 Å². The third-order valence-electron chi connectivity index (χ3n) is 6.33. The minimum Gasteiger partial charge on any atom is -0.495 e. The molecule has 37 heavy (non-hydrogen) atoms. The van der Waals surface area contributed by atoms with E-state index in [2.05, 4.69) is 59.2 Å². The second-order valence-corrected chi connectivity index (χ2v) is 9.90. The zero-order valence-electron chi connectivity index (χ0n) is 20.2. The number of hydrogen-bond donors (Lipinski definition) is 2. The lowest BCUT2D eigenvalue weighted by Gasteiger charge is -2.29. The first-order valence-electron chi connectivity index (χ1n) is 11.9. The average molecular weight is 577 g/mol. The lowest BCUT2D eigenvalue weighted by Crippen LogP contribution is -2.33. The summed E-state index contributed by atoms with van der Waals surface area (Å²) in [4.78, 5) is 19.6. The topological polar surface area (TPSA) is 71.4 Å². The van der Waals surface area contributed by atoms with Crippen molar-refractivity contribution in [3.63, 3.8) is 0 Å². The number of ether oxygens (including phenoxy) is 1. The maximum atomic E-state index is 12.9. The smallest absolute Gasteiger partial charge is 0.226 e. The minimum absolute atomic E-state index is 0.116. The predicted molar refractivity (Wildman–Crippen MR) is 152 cm³/mol. The second-order valence-electron chi connectivity index (χ2n) is 8.60. The minimum atomic E-state index is -0.174. The number of aromatic nitrogens is 2. The Morgan fingerprint density at radius 3 is 2.73 bits per heavy atom. The molecule has 1 saturated heterocycles. The second kappa shape index (κ2) is 11.1. The molecule has 1 fully saturated rings. The molecule has 188 valence electrons. The molecule has 2 aromatic heterocycles. The van der Waals surface area contributed by atoms with E-state index in [0.29, 0.717) is 23.1 Å². The molecule has 2 atom stereocenters. The van der Waals surface area contributed by atoms with Crippen LogP contribution in [0.3, 0.4) is 0 Å². The third-order valence-corrected chi connectivity index (χ3v) is 7.17. The van der Waals surface area contributed by atoms with E-state index in [1.807, 2.05) is 66.9 Å². The van der Waals surface area contributed by atoms with Gasteiger partial charge in [0.05, 0.1) is 30.6 Å². The van der Waals surface area contributed by atoms with Crippen molar-refractivity contribution in [2.24, 2.45) is 0 Å². The lowest BCUT2D eigenvalue weighted by molar-refractivity contribution is -0.116. The highest BCUT2D eigenvalue weighted by atomic mass is 79.9. The first kappa shape index (κ1) is 25.0. The number of para-hydroxylation sites is 2. The molecule has 1 aliphatic rings. The van der Waals surface area contributed by atoms with Crippen LogP contribution in [0.15, 0.2) is 95.7 Å². The van der Waals surface area contributed by atoms with Gasteiger partial charge in [-0.1, -0.05) is 40.2 Å². The standard InChI is InChI=1S/C28H26BrN5O2S/c1-36-24-13-3-2-10-21(24)31-25(35)14-17-34-27(26(32-28(34)37)22-11-4-5-15-30-22)23-12-7-16-33(23)20-9-6-8-19(29)18-20/h2-13,15-16,18,26-27H,14,17H2,1H3,(H,31,35)(H,32,37)/t26-,27-/m0/s1. The summed E-state index contributed by atoms with van der Waals surface area (Å²) in [5.41, 5.74) is 3.61. The number of nitrogens with one attached hydrogen (secondary N) is 2. The van der Waals surface area contributed by atoms with Crippen LogP contribution >= 0.6 is 28.1 Å². The van der Waals surface area contributed by atoms with Crippen LogP contribution < -0.4 is 15.4 Å². The normalized spacial score (nSPS) is 16.9. The van der Waals surface area contributed by atoms with Gasteiger partial charge in [0.25, 0.3) is 0 Å². The van der Waals surface area contributed by atoms with Crippen LogP contribution in [-0.4, -0.2) is 39.1 Å². The Hall–Kier alpha value is -3.69. The van der Waals surface area contributed by atoms with E-state index in [9.17, 15) is 4.79 Å². The van der Waals surface area contributed by atoms with Gasteiger partial charge in [-0.05, 0) is 66.8 Å². The molecular formula is C28H26BrN5O2S. The van der Waals surface area contributed by atoms with Gasteiger partial charge in [-0.3, -0.25) is 9.78 Å². The van der Waals surface area contributed by atoms with Gasteiger partial charge >= 0.3 is 0 Å². The summed E-state index contributed by atoms with van der Waals surface area (Å²) in [5, 5.41) is 7.01. The zero-order chi connectivity index (χ0) is 25.8. The number of carbonyl (C=O) groups is 1. The number of nitrogens with zero attached hydrogens (tertiary/aromatic N) is 3. The van der Waals surface area contributed by atoms with Crippen molar-refractivity contribution in [2.45, 2.75) is 18.5 Å². The molecule has 0 aliphatic carbocycles. The Balaban J connectivity index is 1.44. The molecule has 5 rings (SSSR count). The van der Waals surface area contributed by atoms with Crippen molar-refractivity contribution >= 4 is 44.9 Å². The van der Waals surface area contributed by atoms with Crippen LogP contribution in [0.5, 0.6) is 5.75 Å². The van der Waals surface area contributed by atoms with Gasteiger partial charge < -0.3 is 24.8 Å². The Morgan fingerprint density at radius 2 is 1.95 bits per heavy atom. The number of hydrogen-bond acceptors (Lipinski definition) is 4. The van der Waals surface area contributed by atoms with Crippen molar-refractivity contribution in [1.82, 2.24) is 19.8 Å². The fraction of sp³-hybridized carbons (Fsp3) is 0.179. The highest BCUT2D eigenvalue weighted by molar-refractivity contribution is 9.10. The van der Waals surface area contributed by atoms with Crippen LogP contribution in [0.25, 0.3) is 5.69 Å². The van der Waals surface area contributed by atoms with Crippen LogP contribution in [0.4, 0.5) is 5.69 Å². The maximum absolute atomic E-state index is 12.9. The van der Waals surface area contributed by atoms with E-state index in [-0.39, 0.29) is 24.4 Å². The number of benzene rings is 2.